The number of nitrogens with one attached hydrogen (secondary N) is 3. The second-order valence-corrected chi connectivity index (χ2v) is 26.1. The first kappa shape index (κ1) is 56.0. The predicted octanol–water partition coefficient (Wildman–Crippen LogP) is 9.59. The van der Waals surface area contributed by atoms with Crippen LogP contribution in [-0.2, 0) is 39.6 Å². The number of hydrogen-bond acceptors (Lipinski definition) is 14. The molecule has 9 rings (SSSR count). The fourth-order valence-electron chi connectivity index (χ4n) is 10.8. The van der Waals surface area contributed by atoms with Crippen LogP contribution in [0.1, 0.15) is 113 Å². The molecule has 414 valence electrons. The summed E-state index contributed by atoms with van der Waals surface area (Å²) < 4.78 is 47.0. The molecule has 4 aliphatic rings. The minimum absolute atomic E-state index is 0.0286. The molecule has 0 bridgehead atoms. The third-order valence-corrected chi connectivity index (χ3v) is 17.7. The first-order valence-corrected chi connectivity index (χ1v) is 29.0. The maximum Gasteiger partial charge on any atom is 0.352 e. The van der Waals surface area contributed by atoms with Gasteiger partial charge in [0.15, 0.2) is 17.2 Å². The average Bonchev–Trinajstić information content (AvgIpc) is 3.88. The fourth-order valence-corrected chi connectivity index (χ4v) is 14.2. The van der Waals surface area contributed by atoms with E-state index in [0.29, 0.717) is 78.4 Å². The molecule has 5 heterocycles. The van der Waals surface area contributed by atoms with Crippen LogP contribution >= 0.6 is 22.9 Å². The van der Waals surface area contributed by atoms with Crippen LogP contribution < -0.4 is 30.5 Å². The molecule has 21 heteroatoms. The second kappa shape index (κ2) is 21.8. The summed E-state index contributed by atoms with van der Waals surface area (Å²) in [6.45, 7) is 16.2. The van der Waals surface area contributed by atoms with E-state index in [1.54, 1.807) is 81.1 Å². The lowest BCUT2D eigenvalue weighted by Crippen LogP contribution is -2.55. The predicted molar refractivity (Wildman–Crippen MR) is 302 cm³/mol. The molecule has 4 aromatic carbocycles. The zero-order chi connectivity index (χ0) is 56.1. The van der Waals surface area contributed by atoms with E-state index >= 15 is 0 Å². The molecule has 0 spiro atoms. The third-order valence-electron chi connectivity index (χ3n) is 14.0. The summed E-state index contributed by atoms with van der Waals surface area (Å²) in [4.78, 5) is 84.5. The molecule has 1 unspecified atom stereocenters. The molecule has 5 amide bonds. The summed E-state index contributed by atoms with van der Waals surface area (Å²) in [5.74, 6) is -2.61. The average molecular weight is 1120 g/mol. The molecule has 18 nitrogen and oxygen atoms in total. The highest BCUT2D eigenvalue weighted by Crippen LogP contribution is 2.47. The van der Waals surface area contributed by atoms with Gasteiger partial charge in [-0.3, -0.25) is 24.6 Å². The van der Waals surface area contributed by atoms with Crippen LogP contribution in [0.4, 0.5) is 27.5 Å². The Labute approximate surface area is 463 Å². The van der Waals surface area contributed by atoms with Crippen LogP contribution in [0.25, 0.3) is 21.2 Å². The van der Waals surface area contributed by atoms with Crippen LogP contribution in [0.15, 0.2) is 78.9 Å². The van der Waals surface area contributed by atoms with Gasteiger partial charge >= 0.3 is 18.0 Å². The molecule has 0 saturated carbocycles. The number of ether oxygens (including phenoxy) is 3. The lowest BCUT2D eigenvalue weighted by atomic mass is 9.89. The van der Waals surface area contributed by atoms with Crippen molar-refractivity contribution in [3.63, 3.8) is 0 Å². The van der Waals surface area contributed by atoms with E-state index in [2.05, 4.69) is 20.9 Å². The standard InChI is InChI=1S/C57H66ClN7O11S2/c1-55(2,3)75-45(67)32-74-48-47(58)49(77-50(48)53(70)76-56(4,5)6)35-14-10-16-37(30-35)59-38-23-26-64(57(7,8)31-38)78(72,73)33-34-13-9-15-36(29-34)60-54(71)63-25-12-24-62(27-28-63)41-20-19-40-46-39(41)17-11-18-42(46)65(52(40)69)43-21-22-44(66)61-51(43)68/h9-11,13-20,29-30,38,43,59H,12,21-28,31-33H2,1-8H3,(H,60,71)(H,61,66,68)/t38-,43?/m0/s1. The minimum atomic E-state index is -3.83. The lowest BCUT2D eigenvalue weighted by molar-refractivity contribution is -0.157. The number of urea groups is 1. The largest absolute Gasteiger partial charge is 0.479 e. The molecule has 5 aromatic rings. The Morgan fingerprint density at radius 2 is 1.56 bits per heavy atom. The molecule has 78 heavy (non-hydrogen) atoms. The number of carbonyl (C=O) groups is 6. The zero-order valence-corrected chi connectivity index (χ0v) is 47.5. The minimum Gasteiger partial charge on any atom is -0.479 e. The number of amides is 5. The van der Waals surface area contributed by atoms with Gasteiger partial charge in [0, 0.05) is 78.6 Å². The van der Waals surface area contributed by atoms with Gasteiger partial charge in [-0.15, -0.1) is 11.3 Å². The van der Waals surface area contributed by atoms with E-state index in [0.717, 1.165) is 33.5 Å². The number of hydrogen-bond donors (Lipinski definition) is 3. The molecule has 0 radical (unpaired) electrons. The van der Waals surface area contributed by atoms with E-state index in [9.17, 15) is 37.2 Å². The quantitative estimate of drug-likeness (QED) is 0.0741. The Morgan fingerprint density at radius 3 is 2.29 bits per heavy atom. The fraction of sp³-hybridized carbons (Fsp3) is 0.439. The van der Waals surface area contributed by atoms with Gasteiger partial charge < -0.3 is 34.6 Å². The summed E-state index contributed by atoms with van der Waals surface area (Å²) in [5.41, 5.74) is 2.20. The Kier molecular flexibility index (Phi) is 15.7. The maximum atomic E-state index is 14.3. The van der Waals surface area contributed by atoms with Crippen LogP contribution in [0, 0.1) is 0 Å². The van der Waals surface area contributed by atoms with E-state index in [1.807, 2.05) is 62.4 Å². The number of benzene rings is 4. The smallest absolute Gasteiger partial charge is 0.352 e. The maximum absolute atomic E-state index is 14.3. The van der Waals surface area contributed by atoms with Crippen molar-refractivity contribution >= 4 is 102 Å². The Balaban J connectivity index is 0.814. The van der Waals surface area contributed by atoms with Crippen LogP contribution in [0.3, 0.4) is 0 Å². The molecule has 2 atom stereocenters. The molecule has 3 fully saturated rings. The lowest BCUT2D eigenvalue weighted by Gasteiger charge is -2.45. The first-order valence-electron chi connectivity index (χ1n) is 26.2. The van der Waals surface area contributed by atoms with Gasteiger partial charge in [0.1, 0.15) is 22.3 Å². The van der Waals surface area contributed by atoms with Gasteiger partial charge in [0.2, 0.25) is 21.8 Å². The van der Waals surface area contributed by atoms with Crippen molar-refractivity contribution in [3.05, 3.63) is 99.9 Å². The van der Waals surface area contributed by atoms with Crippen LogP contribution in [0.2, 0.25) is 5.02 Å². The topological polar surface area (TPSA) is 213 Å². The van der Waals surface area contributed by atoms with E-state index in [4.69, 9.17) is 25.8 Å². The summed E-state index contributed by atoms with van der Waals surface area (Å²) >= 11 is 8.03. The normalized spacial score (nSPS) is 19.1. The van der Waals surface area contributed by atoms with Crippen LogP contribution in [-0.4, -0.2) is 121 Å². The number of esters is 2. The Morgan fingerprint density at radius 1 is 0.833 bits per heavy atom. The van der Waals surface area contributed by atoms with E-state index < -0.39 is 57.3 Å². The number of imide groups is 1. The number of nitrogens with zero attached hydrogens (tertiary/aromatic N) is 4. The second-order valence-electron chi connectivity index (χ2n) is 22.8. The van der Waals surface area contributed by atoms with E-state index in [1.165, 1.54) is 4.90 Å². The van der Waals surface area contributed by atoms with Crippen molar-refractivity contribution in [2.24, 2.45) is 0 Å². The van der Waals surface area contributed by atoms with Crippen molar-refractivity contribution in [3.8, 4) is 16.2 Å². The van der Waals surface area contributed by atoms with Gasteiger partial charge in [0.05, 0.1) is 21.9 Å². The highest BCUT2D eigenvalue weighted by atomic mass is 35.5. The highest BCUT2D eigenvalue weighted by molar-refractivity contribution is 7.88. The van der Waals surface area contributed by atoms with Crippen molar-refractivity contribution in [2.45, 2.75) is 122 Å². The van der Waals surface area contributed by atoms with Gasteiger partial charge in [0.25, 0.3) is 5.91 Å². The van der Waals surface area contributed by atoms with Crippen molar-refractivity contribution in [2.75, 3.05) is 59.8 Å². The number of halogens is 1. The number of rotatable bonds is 13. The monoisotopic (exact) mass is 1120 g/mol. The van der Waals surface area contributed by atoms with E-state index in [-0.39, 0.29) is 64.7 Å². The number of piperidine rings is 2. The first-order chi connectivity index (χ1) is 36.7. The van der Waals surface area contributed by atoms with Gasteiger partial charge in [-0.05, 0) is 135 Å². The zero-order valence-electron chi connectivity index (χ0n) is 45.1. The van der Waals surface area contributed by atoms with Crippen molar-refractivity contribution in [1.29, 1.82) is 0 Å². The molecule has 1 aromatic heterocycles. The number of carbonyl (C=O) groups excluding carboxylic acids is 6. The molecular weight excluding hydrogens is 1060 g/mol. The van der Waals surface area contributed by atoms with Crippen molar-refractivity contribution < 1.29 is 51.4 Å². The molecule has 3 saturated heterocycles. The number of sulfonamides is 1. The summed E-state index contributed by atoms with van der Waals surface area (Å²) in [5, 5.41) is 10.7. The molecule has 3 N–H and O–H groups in total. The van der Waals surface area contributed by atoms with Crippen LogP contribution in [0.5, 0.6) is 5.75 Å². The SMILES string of the molecule is CC(C)(C)OC(=O)COc1c(C(=O)OC(C)(C)C)sc(-c2cccc(N[C@H]3CCN(S(=O)(=O)Cc4cccc(NC(=O)N5CCCN(c6ccc7c8c(cccc68)N(C6CCC(=O)NC6=O)C7=O)CC5)c4)C(C)(C)C3)c2)c1Cl. The van der Waals surface area contributed by atoms with Crippen molar-refractivity contribution in [1.82, 2.24) is 14.5 Å². The summed E-state index contributed by atoms with van der Waals surface area (Å²) in [6, 6.07) is 22.6. The van der Waals surface area contributed by atoms with Gasteiger partial charge in [-0.25, -0.2) is 22.8 Å². The molecule has 0 aliphatic carbocycles. The van der Waals surface area contributed by atoms with Gasteiger partial charge in [-0.2, -0.15) is 4.31 Å². The summed E-state index contributed by atoms with van der Waals surface area (Å²) in [6.07, 6.45) is 2.09. The Bertz CT molecular complexity index is 3330. The Hall–Kier alpha value is -6.74. The summed E-state index contributed by atoms with van der Waals surface area (Å²) in [7, 11) is -3.83. The number of anilines is 4. The third kappa shape index (κ3) is 12.3. The molecular formula is C57H66ClN7O11S2. The molecule has 4 aliphatic heterocycles. The van der Waals surface area contributed by atoms with Gasteiger partial charge in [-0.1, -0.05) is 48.0 Å². The number of thiophene rings is 1. The highest BCUT2D eigenvalue weighted by Gasteiger charge is 2.43.